The number of hydrogen-bond donors (Lipinski definition) is 1. The molecule has 0 heterocycles. The highest BCUT2D eigenvalue weighted by Gasteiger charge is 2.12. The molecule has 5 heteroatoms. The molecule has 0 saturated carbocycles. The fraction of sp³-hybridized carbons (Fsp3) is 0.250. The molecule has 0 aliphatic rings. The Morgan fingerprint density at radius 2 is 2.24 bits per heavy atom. The first-order chi connectivity index (χ1) is 7.95. The molecule has 0 aromatic heterocycles. The number of rotatable bonds is 3. The van der Waals surface area contributed by atoms with Gasteiger partial charge in [-0.25, -0.2) is 4.39 Å². The van der Waals surface area contributed by atoms with Gasteiger partial charge in [0.25, 0.3) is 5.91 Å². The van der Waals surface area contributed by atoms with Crippen LogP contribution in [0.3, 0.4) is 0 Å². The Bertz CT molecular complexity index is 451. The van der Waals surface area contributed by atoms with Crippen molar-refractivity contribution < 1.29 is 9.18 Å². The van der Waals surface area contributed by atoms with Crippen molar-refractivity contribution in [1.82, 2.24) is 0 Å². The minimum Gasteiger partial charge on any atom is -0.320 e. The number of halogens is 3. The van der Waals surface area contributed by atoms with Gasteiger partial charge < -0.3 is 5.32 Å². The molecule has 0 saturated heterocycles. The summed E-state index contributed by atoms with van der Waals surface area (Å²) in [6, 6.07) is 2.40. The summed E-state index contributed by atoms with van der Waals surface area (Å²) in [5, 5.41) is 2.80. The molecule has 0 unspecified atom stereocenters. The van der Waals surface area contributed by atoms with Crippen molar-refractivity contribution in [1.29, 1.82) is 0 Å². The normalized spacial score (nSPS) is 11.5. The van der Waals surface area contributed by atoms with Gasteiger partial charge in [-0.05, 0) is 41.4 Å². The second-order valence-corrected chi connectivity index (χ2v) is 4.76. The van der Waals surface area contributed by atoms with Crippen molar-refractivity contribution in [3.05, 3.63) is 39.1 Å². The molecule has 2 nitrogen and oxygen atoms in total. The molecule has 0 bridgehead atoms. The monoisotopic (exact) mass is 319 g/mol. The number of allylic oxidation sites excluding steroid dienone is 1. The minimum atomic E-state index is -0.458. The molecule has 1 rings (SSSR count). The average molecular weight is 321 g/mol. The molecule has 1 aromatic rings. The van der Waals surface area contributed by atoms with Crippen molar-refractivity contribution in [2.45, 2.75) is 20.3 Å². The van der Waals surface area contributed by atoms with E-state index >= 15 is 0 Å². The van der Waals surface area contributed by atoms with E-state index in [0.29, 0.717) is 15.7 Å². The first kappa shape index (κ1) is 14.2. The van der Waals surface area contributed by atoms with Gasteiger partial charge in [0.1, 0.15) is 5.82 Å². The lowest BCUT2D eigenvalue weighted by molar-refractivity contribution is -0.112. The SMILES string of the molecule is CC/C=C(/C)C(=O)Nc1c(Cl)cc(F)cc1Br. The topological polar surface area (TPSA) is 29.1 Å². The molecule has 0 fully saturated rings. The third-order valence-corrected chi connectivity index (χ3v) is 3.04. The van der Waals surface area contributed by atoms with Crippen LogP contribution in [0.15, 0.2) is 28.3 Å². The number of nitrogens with one attached hydrogen (secondary N) is 1. The second kappa shape index (κ2) is 6.17. The lowest BCUT2D eigenvalue weighted by Crippen LogP contribution is -2.13. The Morgan fingerprint density at radius 1 is 1.59 bits per heavy atom. The van der Waals surface area contributed by atoms with E-state index in [0.717, 1.165) is 12.5 Å². The number of amides is 1. The Morgan fingerprint density at radius 3 is 2.76 bits per heavy atom. The molecule has 0 spiro atoms. The van der Waals surface area contributed by atoms with Crippen LogP contribution in [0.2, 0.25) is 5.02 Å². The van der Waals surface area contributed by atoms with E-state index < -0.39 is 5.82 Å². The van der Waals surface area contributed by atoms with Gasteiger partial charge in [-0.1, -0.05) is 24.6 Å². The lowest BCUT2D eigenvalue weighted by Gasteiger charge is -2.09. The van der Waals surface area contributed by atoms with E-state index in [1.54, 1.807) is 13.0 Å². The van der Waals surface area contributed by atoms with Crippen molar-refractivity contribution in [3.8, 4) is 0 Å². The second-order valence-electron chi connectivity index (χ2n) is 3.49. The maximum Gasteiger partial charge on any atom is 0.251 e. The minimum absolute atomic E-state index is 0.162. The van der Waals surface area contributed by atoms with Crippen LogP contribution in [0.4, 0.5) is 10.1 Å². The average Bonchev–Trinajstić information content (AvgIpc) is 2.23. The molecule has 1 aromatic carbocycles. The predicted molar refractivity (Wildman–Crippen MR) is 71.8 cm³/mol. The zero-order valence-electron chi connectivity index (χ0n) is 9.48. The number of hydrogen-bond acceptors (Lipinski definition) is 1. The zero-order valence-corrected chi connectivity index (χ0v) is 11.8. The van der Waals surface area contributed by atoms with E-state index in [-0.39, 0.29) is 10.9 Å². The smallest absolute Gasteiger partial charge is 0.251 e. The van der Waals surface area contributed by atoms with Crippen LogP contribution in [-0.2, 0) is 4.79 Å². The van der Waals surface area contributed by atoms with E-state index in [4.69, 9.17) is 11.6 Å². The molecule has 17 heavy (non-hydrogen) atoms. The fourth-order valence-corrected chi connectivity index (χ4v) is 2.17. The van der Waals surface area contributed by atoms with Gasteiger partial charge in [0.05, 0.1) is 10.7 Å². The summed E-state index contributed by atoms with van der Waals surface area (Å²) in [6.45, 7) is 3.65. The third-order valence-electron chi connectivity index (χ3n) is 2.11. The predicted octanol–water partition coefficient (Wildman–Crippen LogP) is 4.54. The van der Waals surface area contributed by atoms with Crippen LogP contribution in [0.25, 0.3) is 0 Å². The first-order valence-electron chi connectivity index (χ1n) is 5.08. The van der Waals surface area contributed by atoms with Gasteiger partial charge in [0.15, 0.2) is 0 Å². The Kier molecular flexibility index (Phi) is 5.15. The third kappa shape index (κ3) is 3.82. The summed E-state index contributed by atoms with van der Waals surface area (Å²) < 4.78 is 13.4. The van der Waals surface area contributed by atoms with Crippen LogP contribution in [-0.4, -0.2) is 5.91 Å². The summed E-state index contributed by atoms with van der Waals surface area (Å²) in [6.07, 6.45) is 2.58. The van der Waals surface area contributed by atoms with Crippen LogP contribution < -0.4 is 5.32 Å². The summed E-state index contributed by atoms with van der Waals surface area (Å²) >= 11 is 9.01. The van der Waals surface area contributed by atoms with E-state index in [9.17, 15) is 9.18 Å². The van der Waals surface area contributed by atoms with Crippen molar-refractivity contribution in [2.75, 3.05) is 5.32 Å². The molecule has 0 radical (unpaired) electrons. The number of benzene rings is 1. The maximum absolute atomic E-state index is 13.0. The van der Waals surface area contributed by atoms with Crippen LogP contribution in [0.5, 0.6) is 0 Å². The van der Waals surface area contributed by atoms with Gasteiger partial charge in [0.2, 0.25) is 0 Å². The molecular weight excluding hydrogens is 308 g/mol. The van der Waals surface area contributed by atoms with Crippen LogP contribution >= 0.6 is 27.5 Å². The van der Waals surface area contributed by atoms with Gasteiger partial charge in [-0.3, -0.25) is 4.79 Å². The lowest BCUT2D eigenvalue weighted by atomic mass is 10.2. The van der Waals surface area contributed by atoms with E-state index in [1.165, 1.54) is 6.07 Å². The van der Waals surface area contributed by atoms with Crippen LogP contribution in [0.1, 0.15) is 20.3 Å². The number of carbonyl (C=O) groups is 1. The fourth-order valence-electron chi connectivity index (χ4n) is 1.27. The number of anilines is 1. The molecule has 1 N–H and O–H groups in total. The number of carbonyl (C=O) groups excluding carboxylic acids is 1. The van der Waals surface area contributed by atoms with Crippen molar-refractivity contribution in [3.63, 3.8) is 0 Å². The van der Waals surface area contributed by atoms with Crippen molar-refractivity contribution >= 4 is 39.1 Å². The van der Waals surface area contributed by atoms with E-state index in [1.807, 2.05) is 6.92 Å². The Balaban J connectivity index is 2.97. The molecule has 0 aliphatic carbocycles. The summed E-state index contributed by atoms with van der Waals surface area (Å²) in [7, 11) is 0. The summed E-state index contributed by atoms with van der Waals surface area (Å²) in [5.74, 6) is -0.707. The molecule has 0 aliphatic heterocycles. The van der Waals surface area contributed by atoms with E-state index in [2.05, 4.69) is 21.2 Å². The largest absolute Gasteiger partial charge is 0.320 e. The molecule has 1 amide bonds. The van der Waals surface area contributed by atoms with Crippen LogP contribution in [0, 0.1) is 5.82 Å². The van der Waals surface area contributed by atoms with Gasteiger partial charge in [-0.2, -0.15) is 0 Å². The highest BCUT2D eigenvalue weighted by Crippen LogP contribution is 2.31. The van der Waals surface area contributed by atoms with Gasteiger partial charge in [0, 0.05) is 10.0 Å². The van der Waals surface area contributed by atoms with Crippen molar-refractivity contribution in [2.24, 2.45) is 0 Å². The van der Waals surface area contributed by atoms with Gasteiger partial charge >= 0.3 is 0 Å². The highest BCUT2D eigenvalue weighted by atomic mass is 79.9. The zero-order chi connectivity index (χ0) is 13.0. The Labute approximate surface area is 113 Å². The highest BCUT2D eigenvalue weighted by molar-refractivity contribution is 9.10. The van der Waals surface area contributed by atoms with Gasteiger partial charge in [-0.15, -0.1) is 0 Å². The Hall–Kier alpha value is -0.870. The maximum atomic E-state index is 13.0. The summed E-state index contributed by atoms with van der Waals surface area (Å²) in [4.78, 5) is 11.7. The molecular formula is C12H12BrClFNO. The quantitative estimate of drug-likeness (QED) is 0.814. The standard InChI is InChI=1S/C12H12BrClFNO/c1-3-4-7(2)12(17)16-11-9(13)5-8(15)6-10(11)14/h4-6H,3H2,1-2H3,(H,16,17)/b7-4-. The molecule has 92 valence electrons. The first-order valence-corrected chi connectivity index (χ1v) is 6.25. The summed E-state index contributed by atoms with van der Waals surface area (Å²) in [5.41, 5.74) is 0.974. The molecule has 0 atom stereocenters.